The number of aromatic nitrogens is 1. The van der Waals surface area contributed by atoms with Crippen LogP contribution in [0.2, 0.25) is 0 Å². The summed E-state index contributed by atoms with van der Waals surface area (Å²) in [5.41, 5.74) is -2.30. The van der Waals surface area contributed by atoms with E-state index in [0.717, 1.165) is 0 Å². The van der Waals surface area contributed by atoms with E-state index < -0.39 is 56.7 Å². The Morgan fingerprint density at radius 3 is 3.07 bits per heavy atom. The molecule has 4 heteroatoms. The molecule has 0 aliphatic rings. The van der Waals surface area contributed by atoms with Gasteiger partial charge in [-0.25, -0.2) is 0 Å². The van der Waals surface area contributed by atoms with E-state index in [-0.39, 0.29) is 0 Å². The van der Waals surface area contributed by atoms with Crippen molar-refractivity contribution >= 4 is 12.6 Å². The highest BCUT2D eigenvalue weighted by Gasteiger charge is 2.15. The van der Waals surface area contributed by atoms with Crippen LogP contribution in [-0.2, 0) is 6.37 Å². The van der Waals surface area contributed by atoms with Gasteiger partial charge in [-0.3, -0.25) is 4.98 Å². The molecular formula is C10H16BNO2. The first kappa shape index (κ1) is 3.06. The first-order valence-corrected chi connectivity index (χ1v) is 3.65. The number of nitrogens with zero attached hydrogens (tertiary/aromatic N) is 1. The van der Waals surface area contributed by atoms with Gasteiger partial charge < -0.3 is 10.0 Å². The topological polar surface area (TPSA) is 53.4 Å². The van der Waals surface area contributed by atoms with Gasteiger partial charge >= 0.3 is 7.12 Å². The second-order valence-corrected chi connectivity index (χ2v) is 2.54. The molecule has 0 saturated carbocycles. The second kappa shape index (κ2) is 4.57. The normalized spacial score (nSPS) is 27.9. The molecule has 0 aliphatic heterocycles. The number of hydrogen-bond donors (Lipinski definition) is 2. The summed E-state index contributed by atoms with van der Waals surface area (Å²) in [4.78, 5) is 3.44. The summed E-state index contributed by atoms with van der Waals surface area (Å²) >= 11 is 0. The molecule has 0 spiro atoms. The smallest absolute Gasteiger partial charge is 0.423 e. The van der Waals surface area contributed by atoms with Crippen LogP contribution >= 0.6 is 0 Å². The van der Waals surface area contributed by atoms with Crippen LogP contribution in [0.15, 0.2) is 12.3 Å². The van der Waals surface area contributed by atoms with Gasteiger partial charge in [-0.2, -0.15) is 0 Å². The highest BCUT2D eigenvalue weighted by atomic mass is 16.4. The van der Waals surface area contributed by atoms with Crippen LogP contribution in [0.1, 0.15) is 41.4 Å². The summed E-state index contributed by atoms with van der Waals surface area (Å²) in [6.45, 7) is -10.1. The van der Waals surface area contributed by atoms with Crippen molar-refractivity contribution in [2.24, 2.45) is 5.89 Å². The first-order valence-electron chi connectivity index (χ1n) is 9.65. The van der Waals surface area contributed by atoms with E-state index in [2.05, 4.69) is 4.98 Å². The molecule has 1 aromatic rings. The van der Waals surface area contributed by atoms with Gasteiger partial charge in [0.25, 0.3) is 0 Å². The van der Waals surface area contributed by atoms with Gasteiger partial charge in [0.15, 0.2) is 0 Å². The van der Waals surface area contributed by atoms with Crippen LogP contribution in [-0.4, -0.2) is 22.2 Å². The van der Waals surface area contributed by atoms with Crippen LogP contribution < -0.4 is 5.46 Å². The monoisotopic (exact) mass is 205 g/mol. The lowest BCUT2D eigenvalue weighted by Crippen LogP contribution is -2.33. The first-order chi connectivity index (χ1) is 11.3. The van der Waals surface area contributed by atoms with Gasteiger partial charge in [0.2, 0.25) is 0 Å². The summed E-state index contributed by atoms with van der Waals surface area (Å²) < 4.78 is 90.0. The summed E-state index contributed by atoms with van der Waals surface area (Å²) in [5.74, 6) is -3.63. The maximum absolute atomic E-state index is 9.35. The summed E-state index contributed by atoms with van der Waals surface area (Å²) in [7, 11) is -2.39. The molecule has 0 radical (unpaired) electrons. The summed E-state index contributed by atoms with van der Waals surface area (Å²) in [6.07, 6.45) is -2.79. The number of rotatable bonds is 3. The Balaban J connectivity index is 3.75. The molecule has 0 unspecified atom stereocenters. The zero-order chi connectivity index (χ0) is 20.9. The van der Waals surface area contributed by atoms with Gasteiger partial charge in [0, 0.05) is 33.8 Å². The molecule has 1 heterocycles. The SMILES string of the molecule is [2H]C([2H])([2H])c1ncc(C([2H])([2H])C([2H])(C([2H])([2H])[2H])C([2H])([2H])[2H])cc1B(O)O. The molecule has 0 atom stereocenters. The molecule has 1 rings (SSSR count). The minimum atomic E-state index is -3.63. The molecule has 76 valence electrons. The molecule has 0 aliphatic carbocycles. The third-order valence-electron chi connectivity index (χ3n) is 1.46. The standard InChI is InChI=1S/C10H16BNO2/c1-7(2)4-9-5-10(11(13)14)8(3)12-6-9/h5-7,13-14H,4H2,1-3H3/i1D3,2D3,3D3,4D2,7D. The molecule has 1 aromatic heterocycles. The average Bonchev–Trinajstić information content (AvgIpc) is 2.42. The number of pyridine rings is 1. The third kappa shape index (κ3) is 2.82. The lowest BCUT2D eigenvalue weighted by molar-refractivity contribution is 0.425. The van der Waals surface area contributed by atoms with Crippen molar-refractivity contribution in [1.82, 2.24) is 4.98 Å². The van der Waals surface area contributed by atoms with Gasteiger partial charge in [0.1, 0.15) is 0 Å². The zero-order valence-corrected chi connectivity index (χ0v) is 7.07. The van der Waals surface area contributed by atoms with Crippen LogP contribution in [0.4, 0.5) is 0 Å². The Morgan fingerprint density at radius 1 is 1.71 bits per heavy atom. The van der Waals surface area contributed by atoms with E-state index >= 15 is 0 Å². The molecule has 3 nitrogen and oxygen atoms in total. The minimum Gasteiger partial charge on any atom is -0.423 e. The minimum absolute atomic E-state index is 0.578. The third-order valence-corrected chi connectivity index (χ3v) is 1.46. The van der Waals surface area contributed by atoms with Crippen molar-refractivity contribution < 1.29 is 26.5 Å². The largest absolute Gasteiger partial charge is 0.490 e. The van der Waals surface area contributed by atoms with Gasteiger partial charge in [-0.15, -0.1) is 0 Å². The fraction of sp³-hybridized carbons (Fsp3) is 0.500. The zero-order valence-electron chi connectivity index (χ0n) is 19.1. The Labute approximate surface area is 102 Å². The van der Waals surface area contributed by atoms with Crippen molar-refractivity contribution in [2.45, 2.75) is 26.9 Å². The highest BCUT2D eigenvalue weighted by molar-refractivity contribution is 6.59. The fourth-order valence-electron chi connectivity index (χ4n) is 0.891. The Kier molecular flexibility index (Phi) is 1.00. The van der Waals surface area contributed by atoms with E-state index in [1.165, 1.54) is 0 Å². The highest BCUT2D eigenvalue weighted by Crippen LogP contribution is 2.06. The van der Waals surface area contributed by atoms with Gasteiger partial charge in [-0.05, 0) is 24.7 Å². The maximum atomic E-state index is 9.35. The molecule has 2 N–H and O–H groups in total. The van der Waals surface area contributed by atoms with Crippen molar-refractivity contribution in [1.29, 1.82) is 0 Å². The lowest BCUT2D eigenvalue weighted by atomic mass is 9.78. The molecule has 0 saturated heterocycles. The lowest BCUT2D eigenvalue weighted by Gasteiger charge is -2.08. The van der Waals surface area contributed by atoms with Gasteiger partial charge in [-0.1, -0.05) is 19.8 Å². The summed E-state index contributed by atoms with van der Waals surface area (Å²) in [5, 5.41) is 18.7. The molecule has 0 bridgehead atoms. The van der Waals surface area contributed by atoms with Gasteiger partial charge in [0.05, 0.1) is 0 Å². The van der Waals surface area contributed by atoms with Crippen LogP contribution in [0.25, 0.3) is 0 Å². The Bertz CT molecular complexity index is 651. The van der Waals surface area contributed by atoms with E-state index in [9.17, 15) is 10.0 Å². The van der Waals surface area contributed by atoms with Crippen LogP contribution in [0.5, 0.6) is 0 Å². The Hall–Kier alpha value is -0.865. The van der Waals surface area contributed by atoms with E-state index in [1.807, 2.05) is 0 Å². The van der Waals surface area contributed by atoms with Crippen molar-refractivity contribution in [3.63, 3.8) is 0 Å². The second-order valence-electron chi connectivity index (χ2n) is 2.54. The quantitative estimate of drug-likeness (QED) is 0.696. The average molecular weight is 205 g/mol. The predicted octanol–water partition coefficient (Wildman–Crippen LogP) is 0.268. The summed E-state index contributed by atoms with van der Waals surface area (Å²) in [6, 6.07) is 0.597. The number of aryl methyl sites for hydroxylation is 1. The van der Waals surface area contributed by atoms with E-state index in [4.69, 9.17) is 16.4 Å². The molecule has 0 aromatic carbocycles. The maximum Gasteiger partial charge on any atom is 0.490 e. The molecule has 0 amide bonds. The van der Waals surface area contributed by atoms with Crippen molar-refractivity contribution in [3.8, 4) is 0 Å². The van der Waals surface area contributed by atoms with Crippen molar-refractivity contribution in [2.75, 3.05) is 0 Å². The predicted molar refractivity (Wildman–Crippen MR) is 57.3 cm³/mol. The number of hydrogen-bond acceptors (Lipinski definition) is 3. The van der Waals surface area contributed by atoms with E-state index in [1.54, 1.807) is 0 Å². The van der Waals surface area contributed by atoms with Crippen LogP contribution in [0.3, 0.4) is 0 Å². The van der Waals surface area contributed by atoms with Crippen LogP contribution in [0, 0.1) is 12.7 Å². The fourth-order valence-corrected chi connectivity index (χ4v) is 0.891. The molecule has 0 fully saturated rings. The molecular weight excluding hydrogens is 177 g/mol. The van der Waals surface area contributed by atoms with Crippen molar-refractivity contribution in [3.05, 3.63) is 23.5 Å². The molecule has 14 heavy (non-hydrogen) atoms. The van der Waals surface area contributed by atoms with E-state index in [0.29, 0.717) is 12.3 Å². The Morgan fingerprint density at radius 2 is 2.50 bits per heavy atom.